The molecule has 0 radical (unpaired) electrons. The molecule has 0 amide bonds. The van der Waals surface area contributed by atoms with Gasteiger partial charge in [-0.15, -0.1) is 11.8 Å². The molecule has 1 nitrogen and oxygen atoms in total. The first-order valence-corrected chi connectivity index (χ1v) is 7.38. The van der Waals surface area contributed by atoms with Crippen LogP contribution in [0.5, 0.6) is 0 Å². The second-order valence-electron chi connectivity index (χ2n) is 3.77. The van der Waals surface area contributed by atoms with E-state index in [1.807, 2.05) is 24.3 Å². The topological polar surface area (TPSA) is 26.0 Å². The molecule has 0 aliphatic carbocycles. The van der Waals surface area contributed by atoms with Gasteiger partial charge in [0.25, 0.3) is 0 Å². The number of halogens is 1. The summed E-state index contributed by atoms with van der Waals surface area (Å²) in [5.41, 5.74) is 8.63. The zero-order valence-corrected chi connectivity index (χ0v) is 12.0. The van der Waals surface area contributed by atoms with Crippen LogP contribution in [0, 0.1) is 0 Å². The van der Waals surface area contributed by atoms with Gasteiger partial charge in [0.1, 0.15) is 0 Å². The second-order valence-corrected chi connectivity index (χ2v) is 5.53. The van der Waals surface area contributed by atoms with Gasteiger partial charge >= 0.3 is 0 Å². The first kappa shape index (κ1) is 12.7. The highest BCUT2D eigenvalue weighted by atomic mass is 79.9. The molecule has 0 heterocycles. The summed E-state index contributed by atoms with van der Waals surface area (Å²) in [5, 5.41) is 0. The minimum Gasteiger partial charge on any atom is -0.320 e. The molecule has 1 unspecified atom stereocenters. The predicted octanol–water partition coefficient (Wildman–Crippen LogP) is 4.22. The average Bonchev–Trinajstić information content (AvgIpc) is 2.39. The van der Waals surface area contributed by atoms with E-state index in [4.69, 9.17) is 5.73 Å². The molecule has 0 aliphatic heterocycles. The van der Waals surface area contributed by atoms with Crippen molar-refractivity contribution in [1.29, 1.82) is 0 Å². The molecule has 3 heteroatoms. The average molecular weight is 308 g/mol. The Kier molecular flexibility index (Phi) is 4.26. The maximum absolute atomic E-state index is 6.31. The van der Waals surface area contributed by atoms with Crippen molar-refractivity contribution in [2.75, 3.05) is 6.26 Å². The molecule has 2 aromatic carbocycles. The largest absolute Gasteiger partial charge is 0.320 e. The summed E-state index contributed by atoms with van der Waals surface area (Å²) in [5.74, 6) is 0. The molecule has 2 aromatic rings. The molecule has 0 aliphatic rings. The quantitative estimate of drug-likeness (QED) is 0.859. The number of nitrogens with two attached hydrogens (primary N) is 1. The number of rotatable bonds is 3. The number of benzene rings is 2. The van der Waals surface area contributed by atoms with Gasteiger partial charge in [0.2, 0.25) is 0 Å². The lowest BCUT2D eigenvalue weighted by atomic mass is 10.00. The summed E-state index contributed by atoms with van der Waals surface area (Å²) in [7, 11) is 0. The third kappa shape index (κ3) is 2.92. The van der Waals surface area contributed by atoms with Gasteiger partial charge in [-0.2, -0.15) is 0 Å². The minimum absolute atomic E-state index is 0.0632. The maximum Gasteiger partial charge on any atom is 0.0562 e. The van der Waals surface area contributed by atoms with E-state index < -0.39 is 0 Å². The van der Waals surface area contributed by atoms with Crippen molar-refractivity contribution in [3.8, 4) is 0 Å². The zero-order valence-electron chi connectivity index (χ0n) is 9.56. The Morgan fingerprint density at radius 2 is 1.71 bits per heavy atom. The van der Waals surface area contributed by atoms with Crippen LogP contribution >= 0.6 is 27.7 Å². The van der Waals surface area contributed by atoms with Gasteiger partial charge in [-0.25, -0.2) is 0 Å². The highest BCUT2D eigenvalue weighted by Gasteiger charge is 2.11. The lowest BCUT2D eigenvalue weighted by Crippen LogP contribution is -2.12. The van der Waals surface area contributed by atoms with E-state index in [1.54, 1.807) is 11.8 Å². The Balaban J connectivity index is 2.36. The third-order valence-corrected chi connectivity index (χ3v) is 4.04. The lowest BCUT2D eigenvalue weighted by molar-refractivity contribution is 0.848. The van der Waals surface area contributed by atoms with Crippen molar-refractivity contribution in [3.63, 3.8) is 0 Å². The Morgan fingerprint density at radius 1 is 1.06 bits per heavy atom. The van der Waals surface area contributed by atoms with Crippen LogP contribution in [0.4, 0.5) is 0 Å². The normalized spacial score (nSPS) is 12.4. The van der Waals surface area contributed by atoms with Crippen molar-refractivity contribution in [2.24, 2.45) is 5.73 Å². The van der Waals surface area contributed by atoms with E-state index >= 15 is 0 Å². The van der Waals surface area contributed by atoms with Crippen LogP contribution in [-0.2, 0) is 0 Å². The first-order chi connectivity index (χ1) is 8.22. The summed E-state index contributed by atoms with van der Waals surface area (Å²) >= 11 is 5.17. The molecule has 0 aromatic heterocycles. The SMILES string of the molecule is CSc1ccccc1C(N)c1ccc(Br)cc1. The predicted molar refractivity (Wildman–Crippen MR) is 78.4 cm³/mol. The van der Waals surface area contributed by atoms with E-state index in [2.05, 4.69) is 46.5 Å². The number of thioether (sulfide) groups is 1. The fourth-order valence-corrected chi connectivity index (χ4v) is 2.68. The smallest absolute Gasteiger partial charge is 0.0562 e. The standard InChI is InChI=1S/C14H14BrNS/c1-17-13-5-3-2-4-12(13)14(16)10-6-8-11(15)9-7-10/h2-9,14H,16H2,1H3. The van der Waals surface area contributed by atoms with Crippen LogP contribution in [0.2, 0.25) is 0 Å². The zero-order chi connectivity index (χ0) is 12.3. The molecule has 0 saturated carbocycles. The Labute approximate surface area is 115 Å². The van der Waals surface area contributed by atoms with E-state index in [1.165, 1.54) is 10.5 Å². The van der Waals surface area contributed by atoms with E-state index in [9.17, 15) is 0 Å². The summed E-state index contributed by atoms with van der Waals surface area (Å²) in [6.45, 7) is 0. The summed E-state index contributed by atoms with van der Waals surface area (Å²) < 4.78 is 1.08. The Hall–Kier alpha value is -0.770. The van der Waals surface area contributed by atoms with Crippen LogP contribution < -0.4 is 5.73 Å². The van der Waals surface area contributed by atoms with Gasteiger partial charge in [0.15, 0.2) is 0 Å². The van der Waals surface area contributed by atoms with Crippen LogP contribution in [0.3, 0.4) is 0 Å². The van der Waals surface area contributed by atoms with Gasteiger partial charge in [-0.05, 0) is 35.6 Å². The highest BCUT2D eigenvalue weighted by Crippen LogP contribution is 2.28. The molecular weight excluding hydrogens is 294 g/mol. The number of hydrogen-bond donors (Lipinski definition) is 1. The van der Waals surface area contributed by atoms with Crippen LogP contribution in [0.25, 0.3) is 0 Å². The van der Waals surface area contributed by atoms with Gasteiger partial charge in [-0.1, -0.05) is 46.3 Å². The number of hydrogen-bond acceptors (Lipinski definition) is 2. The van der Waals surface area contributed by atoms with Gasteiger partial charge in [-0.3, -0.25) is 0 Å². The monoisotopic (exact) mass is 307 g/mol. The van der Waals surface area contributed by atoms with E-state index in [0.717, 1.165) is 10.0 Å². The molecule has 0 fully saturated rings. The van der Waals surface area contributed by atoms with Gasteiger partial charge in [0.05, 0.1) is 6.04 Å². The Bertz CT molecular complexity index is 496. The molecule has 0 spiro atoms. The van der Waals surface area contributed by atoms with Crippen LogP contribution in [0.1, 0.15) is 17.2 Å². The molecule has 2 rings (SSSR count). The summed E-state index contributed by atoms with van der Waals surface area (Å²) in [4.78, 5) is 1.24. The highest BCUT2D eigenvalue weighted by molar-refractivity contribution is 9.10. The molecule has 0 bridgehead atoms. The molecule has 17 heavy (non-hydrogen) atoms. The van der Waals surface area contributed by atoms with E-state index in [0.29, 0.717) is 0 Å². The van der Waals surface area contributed by atoms with Crippen LogP contribution in [0.15, 0.2) is 57.9 Å². The summed E-state index contributed by atoms with van der Waals surface area (Å²) in [6.07, 6.45) is 2.08. The van der Waals surface area contributed by atoms with Crippen molar-refractivity contribution in [1.82, 2.24) is 0 Å². The third-order valence-electron chi connectivity index (χ3n) is 2.70. The van der Waals surface area contributed by atoms with Crippen molar-refractivity contribution >= 4 is 27.7 Å². The molecule has 88 valence electrons. The lowest BCUT2D eigenvalue weighted by Gasteiger charge is -2.15. The first-order valence-electron chi connectivity index (χ1n) is 5.36. The molecule has 0 saturated heterocycles. The maximum atomic E-state index is 6.31. The van der Waals surface area contributed by atoms with Crippen molar-refractivity contribution < 1.29 is 0 Å². The molecule has 1 atom stereocenters. The minimum atomic E-state index is -0.0632. The van der Waals surface area contributed by atoms with Gasteiger partial charge < -0.3 is 5.73 Å². The fraction of sp³-hybridized carbons (Fsp3) is 0.143. The fourth-order valence-electron chi connectivity index (χ4n) is 1.77. The van der Waals surface area contributed by atoms with E-state index in [-0.39, 0.29) is 6.04 Å². The van der Waals surface area contributed by atoms with Crippen LogP contribution in [-0.4, -0.2) is 6.26 Å². The second kappa shape index (κ2) is 5.71. The van der Waals surface area contributed by atoms with Crippen molar-refractivity contribution in [3.05, 3.63) is 64.1 Å². The molecule has 2 N–H and O–H groups in total. The Morgan fingerprint density at radius 3 is 2.35 bits per heavy atom. The van der Waals surface area contributed by atoms with Crippen molar-refractivity contribution in [2.45, 2.75) is 10.9 Å². The summed E-state index contributed by atoms with van der Waals surface area (Å²) in [6, 6.07) is 16.4. The van der Waals surface area contributed by atoms with Gasteiger partial charge in [0, 0.05) is 9.37 Å². The molecular formula is C14H14BrNS.